The Hall–Kier alpha value is -6.20. The van der Waals surface area contributed by atoms with Crippen LogP contribution in [0, 0.1) is 87.3 Å². The largest absolute Gasteiger partial charge is 0.378 e. The number of halogens is 15. The Morgan fingerprint density at radius 1 is 0.407 bits per heavy atom. The highest BCUT2D eigenvalue weighted by Crippen LogP contribution is 2.33. The molecule has 0 spiro atoms. The van der Waals surface area contributed by atoms with E-state index in [1.165, 1.54) is 0 Å². The first kappa shape index (κ1) is 42.4. The van der Waals surface area contributed by atoms with E-state index in [2.05, 4.69) is 0 Å². The summed E-state index contributed by atoms with van der Waals surface area (Å²) < 4.78 is 233. The predicted molar refractivity (Wildman–Crippen MR) is 192 cm³/mol. The number of allylic oxidation sites excluding steroid dienone is 5. The minimum absolute atomic E-state index is 0.0286. The molecule has 306 valence electrons. The van der Waals surface area contributed by atoms with Gasteiger partial charge in [-0.1, -0.05) is 36.4 Å². The molecule has 0 fully saturated rings. The summed E-state index contributed by atoms with van der Waals surface area (Å²) in [6.45, 7) is 0. The quantitative estimate of drug-likeness (QED) is 0.0533. The maximum atomic E-state index is 16.1. The zero-order valence-corrected chi connectivity index (χ0v) is 30.6. The van der Waals surface area contributed by atoms with Crippen LogP contribution in [0.15, 0.2) is 78.4 Å². The molecule has 18 heteroatoms. The summed E-state index contributed by atoms with van der Waals surface area (Å²) in [6.07, 6.45) is 0.706. The molecule has 5 aromatic rings. The summed E-state index contributed by atoms with van der Waals surface area (Å²) in [7, 11) is 6.97. The van der Waals surface area contributed by atoms with Crippen LogP contribution in [-0.2, 0) is 0 Å². The van der Waals surface area contributed by atoms with Crippen molar-refractivity contribution in [1.82, 2.24) is 0 Å². The molecular weight excluding hydrogens is 816 g/mol. The highest BCUT2D eigenvalue weighted by atomic mass is 19.2. The van der Waals surface area contributed by atoms with Gasteiger partial charge in [0, 0.05) is 31.9 Å². The van der Waals surface area contributed by atoms with Gasteiger partial charge in [-0.05, 0) is 46.6 Å². The second-order valence-electron chi connectivity index (χ2n) is 13.7. The molecule has 0 bridgehead atoms. The van der Waals surface area contributed by atoms with Crippen molar-refractivity contribution in [1.29, 1.82) is 0 Å². The Kier molecular flexibility index (Phi) is 11.2. The average Bonchev–Trinajstić information content (AvgIpc) is 3.22. The molecule has 0 aromatic heterocycles. The Labute approximate surface area is 325 Å². The lowest BCUT2D eigenvalue weighted by Gasteiger charge is -2.44. The molecule has 0 N–H and O–H groups in total. The van der Waals surface area contributed by atoms with Gasteiger partial charge in [0.1, 0.15) is 55.1 Å². The second kappa shape index (κ2) is 15.5. The van der Waals surface area contributed by atoms with Crippen molar-refractivity contribution in [2.75, 3.05) is 33.1 Å². The van der Waals surface area contributed by atoms with E-state index >= 15 is 52.7 Å². The molecule has 5 aromatic carbocycles. The average molecular weight is 840 g/mol. The predicted octanol–water partition coefficient (Wildman–Crippen LogP) is 7.86. The van der Waals surface area contributed by atoms with Crippen LogP contribution in [0.2, 0.25) is 0 Å². The van der Waals surface area contributed by atoms with E-state index in [1.807, 2.05) is 0 Å². The smallest absolute Gasteiger partial charge is 0.200 e. The first-order valence-corrected chi connectivity index (χ1v) is 16.9. The Morgan fingerprint density at radius 3 is 0.983 bits per heavy atom. The van der Waals surface area contributed by atoms with E-state index in [-0.39, 0.29) is 11.1 Å². The topological polar surface area (TPSA) is 6.25 Å². The number of hydrogen-bond acceptors (Lipinski definition) is 1. The van der Waals surface area contributed by atoms with E-state index in [0.29, 0.717) is 34.7 Å². The van der Waals surface area contributed by atoms with Crippen LogP contribution in [0.3, 0.4) is 0 Å². The van der Waals surface area contributed by atoms with Crippen molar-refractivity contribution in [3.63, 3.8) is 0 Å². The number of rotatable bonds is 7. The van der Waals surface area contributed by atoms with Gasteiger partial charge in [-0.3, -0.25) is 0 Å². The molecule has 0 atom stereocenters. The van der Waals surface area contributed by atoms with Gasteiger partial charge in [-0.15, -0.1) is 16.4 Å². The molecule has 0 radical (unpaired) electrons. The van der Waals surface area contributed by atoms with Gasteiger partial charge >= 0.3 is 0 Å². The lowest BCUT2D eigenvalue weighted by Crippen LogP contribution is -2.79. The van der Waals surface area contributed by atoms with Crippen LogP contribution in [0.4, 0.5) is 71.5 Å². The lowest BCUT2D eigenvalue weighted by molar-refractivity contribution is -0.462. The van der Waals surface area contributed by atoms with Crippen LogP contribution >= 0.6 is 0 Å². The summed E-state index contributed by atoms with van der Waals surface area (Å²) in [5.41, 5.74) is -6.95. The molecule has 6 rings (SSSR count). The third-order valence-electron chi connectivity index (χ3n) is 10.1. The third kappa shape index (κ3) is 6.57. The van der Waals surface area contributed by atoms with Crippen LogP contribution < -0.4 is 26.8 Å². The molecule has 1 aliphatic rings. The monoisotopic (exact) mass is 840 g/mol. The van der Waals surface area contributed by atoms with Gasteiger partial charge in [0.05, 0.1) is 0 Å². The van der Waals surface area contributed by atoms with Gasteiger partial charge < -0.3 is 4.90 Å². The fourth-order valence-electron chi connectivity index (χ4n) is 7.23. The first-order valence-electron chi connectivity index (χ1n) is 16.9. The van der Waals surface area contributed by atoms with Crippen molar-refractivity contribution in [2.45, 2.75) is 0 Å². The van der Waals surface area contributed by atoms with Crippen molar-refractivity contribution in [2.24, 2.45) is 0 Å². The van der Waals surface area contributed by atoms with Gasteiger partial charge in [0.2, 0.25) is 0 Å². The highest BCUT2D eigenvalue weighted by Gasteiger charge is 2.49. The van der Waals surface area contributed by atoms with Gasteiger partial charge in [0.15, 0.2) is 58.1 Å². The molecule has 0 unspecified atom stereocenters. The summed E-state index contributed by atoms with van der Waals surface area (Å²) >= 11 is 0. The molecule has 0 heterocycles. The first-order chi connectivity index (χ1) is 27.7. The van der Waals surface area contributed by atoms with E-state index in [9.17, 15) is 13.2 Å². The van der Waals surface area contributed by atoms with Gasteiger partial charge in [0.25, 0.3) is 0 Å². The molecule has 0 saturated carbocycles. The molecule has 0 saturated heterocycles. The fraction of sp³-hybridized carbons (Fsp3) is 0.0976. The molecule has 0 amide bonds. The second-order valence-corrected chi connectivity index (χ2v) is 13.7. The zero-order valence-electron chi connectivity index (χ0n) is 30.6. The minimum atomic E-state index is -5.92. The van der Waals surface area contributed by atoms with Gasteiger partial charge in [-0.25, -0.2) is 70.4 Å². The summed E-state index contributed by atoms with van der Waals surface area (Å²) in [5.74, 6) is -45.8. The summed E-state index contributed by atoms with van der Waals surface area (Å²) in [5, 5.41) is 0. The maximum Gasteiger partial charge on any atom is 0.200 e. The van der Waals surface area contributed by atoms with Crippen LogP contribution in [-0.4, -0.2) is 44.6 Å². The van der Waals surface area contributed by atoms with Crippen LogP contribution in [0.5, 0.6) is 0 Å². The summed E-state index contributed by atoms with van der Waals surface area (Å²) in [4.78, 5) is 1.75. The normalized spacial score (nSPS) is 12.8. The van der Waals surface area contributed by atoms with Crippen molar-refractivity contribution in [3.8, 4) is 0 Å². The summed E-state index contributed by atoms with van der Waals surface area (Å²) in [6, 6.07) is 9.42. The van der Waals surface area contributed by atoms with E-state index in [4.69, 9.17) is 0 Å². The standard InChI is InChI=1S/C41H24BF15N2/c1-58(2)21-13-7-18(8-14-21)23(19-9-15-22(16-10-19)59(3)4)17-5-11-20(12-6-17)42(24-27(43)33(49)39(55)34(50)28(24)44,25-29(45)35(51)40(56)36(52)30(25)46)26-31(47)37(53)41(57)38(54)32(26)48/h5-16H,1-4H3. The van der Waals surface area contributed by atoms with Gasteiger partial charge in [-0.2, -0.15) is 5.46 Å². The van der Waals surface area contributed by atoms with E-state index in [0.717, 1.165) is 12.1 Å². The number of nitrogens with zero attached hydrogens (tertiary/aromatic N) is 2. The Morgan fingerprint density at radius 2 is 0.695 bits per heavy atom. The molecular formula is C41H24BF15N2. The number of benzene rings is 5. The lowest BCUT2D eigenvalue weighted by atomic mass is 9.12. The fourth-order valence-corrected chi connectivity index (χ4v) is 7.23. The molecule has 2 nitrogen and oxygen atoms in total. The number of anilines is 1. The molecule has 59 heavy (non-hydrogen) atoms. The van der Waals surface area contributed by atoms with E-state index in [1.54, 1.807) is 86.2 Å². The molecule has 0 aliphatic heterocycles. The SMILES string of the molecule is CN(C)c1ccc(C(=C2C=CC(=[N+](C)C)C=C2)c2ccc([B-](c3c(F)c(F)c(F)c(F)c3F)(c3c(F)c(F)c(F)c(F)c3F)c3c(F)c(F)c(F)c(F)c3F)cc2)cc1. The van der Waals surface area contributed by atoms with E-state index < -0.39 is 115 Å². The van der Waals surface area contributed by atoms with Crippen LogP contribution in [0.1, 0.15) is 11.1 Å². The van der Waals surface area contributed by atoms with Crippen LogP contribution in [0.25, 0.3) is 5.57 Å². The molecule has 1 aliphatic carbocycles. The Bertz CT molecular complexity index is 2420. The minimum Gasteiger partial charge on any atom is -0.378 e. The third-order valence-corrected chi connectivity index (χ3v) is 10.1. The number of hydrogen-bond donors (Lipinski definition) is 0. The van der Waals surface area contributed by atoms with Crippen molar-refractivity contribution < 1.29 is 70.4 Å². The highest BCUT2D eigenvalue weighted by molar-refractivity contribution is 7.20. The van der Waals surface area contributed by atoms with Crippen molar-refractivity contribution >= 4 is 45.0 Å². The zero-order chi connectivity index (χ0) is 43.6. The maximum absolute atomic E-state index is 16.1. The Balaban J connectivity index is 1.84. The van der Waals surface area contributed by atoms with Crippen molar-refractivity contribution in [3.05, 3.63) is 177 Å².